The van der Waals surface area contributed by atoms with E-state index in [0.29, 0.717) is 32.0 Å². The van der Waals surface area contributed by atoms with Crippen LogP contribution in [-0.4, -0.2) is 53.5 Å². The Hall–Kier alpha value is -3.69. The normalized spacial score (nSPS) is 14.6. The standard InChI is InChI=1S/C28H25ClF3N5O/c1-18-6-8-19(9-7-18)26-34-24-5-3-2-4-21(24)27(35-26)37-14-12-36(13-15-37)17-25(38)33-20-10-11-23(29)22(16-20)28(30,31)32/h2-11,16H,12-15,17H2,1H3,(H,33,38). The Bertz CT molecular complexity index is 1470. The van der Waals surface area contributed by atoms with E-state index >= 15 is 0 Å². The zero-order chi connectivity index (χ0) is 26.9. The molecule has 6 nitrogen and oxygen atoms in total. The molecule has 0 bridgehead atoms. The second-order valence-electron chi connectivity index (χ2n) is 9.26. The van der Waals surface area contributed by atoms with Crippen molar-refractivity contribution in [2.75, 3.05) is 42.9 Å². The van der Waals surface area contributed by atoms with Crippen LogP contribution in [0, 0.1) is 6.92 Å². The van der Waals surface area contributed by atoms with Crippen LogP contribution >= 0.6 is 11.6 Å². The van der Waals surface area contributed by atoms with E-state index in [2.05, 4.69) is 10.2 Å². The lowest BCUT2D eigenvalue weighted by Gasteiger charge is -2.35. The molecule has 2 heterocycles. The average Bonchev–Trinajstić information content (AvgIpc) is 2.89. The van der Waals surface area contributed by atoms with Gasteiger partial charge in [0.25, 0.3) is 0 Å². The first kappa shape index (κ1) is 25.9. The highest BCUT2D eigenvalue weighted by Gasteiger charge is 2.33. The Morgan fingerprint density at radius 3 is 2.39 bits per heavy atom. The van der Waals surface area contributed by atoms with Crippen molar-refractivity contribution in [2.24, 2.45) is 0 Å². The van der Waals surface area contributed by atoms with Crippen molar-refractivity contribution >= 4 is 39.9 Å². The second kappa shape index (κ2) is 10.6. The van der Waals surface area contributed by atoms with Gasteiger partial charge in [-0.25, -0.2) is 9.97 Å². The number of nitrogens with one attached hydrogen (secondary N) is 1. The zero-order valence-electron chi connectivity index (χ0n) is 20.6. The lowest BCUT2D eigenvalue weighted by Crippen LogP contribution is -2.49. The van der Waals surface area contributed by atoms with Gasteiger partial charge in [0.05, 0.1) is 22.6 Å². The largest absolute Gasteiger partial charge is 0.417 e. The van der Waals surface area contributed by atoms with Gasteiger partial charge in [-0.3, -0.25) is 9.69 Å². The van der Waals surface area contributed by atoms with E-state index in [1.165, 1.54) is 6.07 Å². The van der Waals surface area contributed by atoms with Gasteiger partial charge in [-0.2, -0.15) is 13.2 Å². The fourth-order valence-corrected chi connectivity index (χ4v) is 4.70. The Kier molecular flexibility index (Phi) is 7.23. The summed E-state index contributed by atoms with van der Waals surface area (Å²) in [6.07, 6.45) is -4.60. The van der Waals surface area contributed by atoms with Gasteiger partial charge in [-0.15, -0.1) is 0 Å². The number of halogens is 4. The summed E-state index contributed by atoms with van der Waals surface area (Å²) < 4.78 is 39.4. The molecule has 1 saturated heterocycles. The molecule has 3 aromatic carbocycles. The summed E-state index contributed by atoms with van der Waals surface area (Å²) in [5.41, 5.74) is 2.03. The molecule has 1 aliphatic heterocycles. The van der Waals surface area contributed by atoms with Crippen LogP contribution in [-0.2, 0) is 11.0 Å². The predicted octanol–water partition coefficient (Wildman–Crippen LogP) is 6.04. The molecule has 0 spiro atoms. The number of rotatable bonds is 5. The minimum atomic E-state index is -4.60. The highest BCUT2D eigenvalue weighted by Crippen LogP contribution is 2.36. The maximum absolute atomic E-state index is 13.1. The molecule has 1 fully saturated rings. The molecule has 0 aliphatic carbocycles. The summed E-state index contributed by atoms with van der Waals surface area (Å²) in [6, 6.07) is 19.3. The highest BCUT2D eigenvalue weighted by molar-refractivity contribution is 6.31. The molecule has 1 amide bonds. The number of aryl methyl sites for hydroxylation is 1. The van der Waals surface area contributed by atoms with Gasteiger partial charge >= 0.3 is 6.18 Å². The molecule has 0 atom stereocenters. The second-order valence-corrected chi connectivity index (χ2v) is 9.66. The predicted molar refractivity (Wildman–Crippen MR) is 143 cm³/mol. The molecule has 0 radical (unpaired) electrons. The molecule has 1 aromatic heterocycles. The van der Waals surface area contributed by atoms with Crippen LogP contribution in [0.3, 0.4) is 0 Å². The third kappa shape index (κ3) is 5.74. The van der Waals surface area contributed by atoms with Crippen molar-refractivity contribution in [1.29, 1.82) is 0 Å². The Morgan fingerprint density at radius 2 is 1.68 bits per heavy atom. The number of piperazine rings is 1. The number of carbonyl (C=O) groups excluding carboxylic acids is 1. The fourth-order valence-electron chi connectivity index (χ4n) is 4.47. The summed E-state index contributed by atoms with van der Waals surface area (Å²) in [5, 5.41) is 3.10. The number of amides is 1. The van der Waals surface area contributed by atoms with Gasteiger partial charge in [-0.1, -0.05) is 53.6 Å². The van der Waals surface area contributed by atoms with E-state index in [1.807, 2.05) is 60.4 Å². The van der Waals surface area contributed by atoms with Crippen molar-refractivity contribution in [1.82, 2.24) is 14.9 Å². The highest BCUT2D eigenvalue weighted by atomic mass is 35.5. The number of alkyl halides is 3. The number of para-hydroxylation sites is 1. The van der Waals surface area contributed by atoms with Crippen LogP contribution < -0.4 is 10.2 Å². The Balaban J connectivity index is 1.27. The summed E-state index contributed by atoms with van der Waals surface area (Å²) >= 11 is 5.67. The average molecular weight is 540 g/mol. The van der Waals surface area contributed by atoms with E-state index in [9.17, 15) is 18.0 Å². The third-order valence-electron chi connectivity index (χ3n) is 6.49. The molecule has 196 valence electrons. The van der Waals surface area contributed by atoms with Gasteiger partial charge in [0.1, 0.15) is 5.82 Å². The van der Waals surface area contributed by atoms with Crippen LogP contribution in [0.1, 0.15) is 11.1 Å². The van der Waals surface area contributed by atoms with Gasteiger partial charge in [0, 0.05) is 42.8 Å². The third-order valence-corrected chi connectivity index (χ3v) is 6.82. The Labute approximate surface area is 223 Å². The minimum absolute atomic E-state index is 0.0569. The first-order chi connectivity index (χ1) is 18.2. The molecular formula is C28H25ClF3N5O. The molecule has 0 saturated carbocycles. The topological polar surface area (TPSA) is 61.4 Å². The number of fused-ring (bicyclic) bond motifs is 1. The summed E-state index contributed by atoms with van der Waals surface area (Å²) in [6.45, 7) is 4.57. The van der Waals surface area contributed by atoms with E-state index in [1.54, 1.807) is 0 Å². The Morgan fingerprint density at radius 1 is 0.974 bits per heavy atom. The maximum Gasteiger partial charge on any atom is 0.417 e. The molecule has 5 rings (SSSR count). The van der Waals surface area contributed by atoms with Crippen molar-refractivity contribution in [2.45, 2.75) is 13.1 Å². The summed E-state index contributed by atoms with van der Waals surface area (Å²) in [4.78, 5) is 26.4. The van der Waals surface area contributed by atoms with Crippen LogP contribution in [0.5, 0.6) is 0 Å². The smallest absolute Gasteiger partial charge is 0.353 e. The first-order valence-corrected chi connectivity index (χ1v) is 12.5. The summed E-state index contributed by atoms with van der Waals surface area (Å²) in [5.74, 6) is 1.11. The molecule has 10 heteroatoms. The first-order valence-electron chi connectivity index (χ1n) is 12.1. The maximum atomic E-state index is 13.1. The minimum Gasteiger partial charge on any atom is -0.353 e. The van der Waals surface area contributed by atoms with Crippen molar-refractivity contribution in [3.8, 4) is 11.4 Å². The van der Waals surface area contributed by atoms with E-state index in [4.69, 9.17) is 21.6 Å². The van der Waals surface area contributed by atoms with Crippen LogP contribution in [0.15, 0.2) is 66.7 Å². The number of hydrogen-bond acceptors (Lipinski definition) is 5. The van der Waals surface area contributed by atoms with Crippen LogP contribution in [0.4, 0.5) is 24.7 Å². The molecular weight excluding hydrogens is 515 g/mol. The fraction of sp³-hybridized carbons (Fsp3) is 0.250. The number of hydrogen-bond donors (Lipinski definition) is 1. The van der Waals surface area contributed by atoms with Gasteiger partial charge in [0.15, 0.2) is 5.82 Å². The molecule has 1 aliphatic rings. The monoisotopic (exact) mass is 539 g/mol. The number of aromatic nitrogens is 2. The number of nitrogens with zero attached hydrogens (tertiary/aromatic N) is 4. The molecule has 38 heavy (non-hydrogen) atoms. The zero-order valence-corrected chi connectivity index (χ0v) is 21.4. The van der Waals surface area contributed by atoms with E-state index < -0.39 is 16.8 Å². The molecule has 4 aromatic rings. The van der Waals surface area contributed by atoms with Crippen molar-refractivity contribution in [3.63, 3.8) is 0 Å². The van der Waals surface area contributed by atoms with E-state index in [0.717, 1.165) is 40.0 Å². The summed E-state index contributed by atoms with van der Waals surface area (Å²) in [7, 11) is 0. The molecule has 1 N–H and O–H groups in total. The number of carbonyl (C=O) groups is 1. The lowest BCUT2D eigenvalue weighted by atomic mass is 10.1. The van der Waals surface area contributed by atoms with Crippen LogP contribution in [0.25, 0.3) is 22.3 Å². The van der Waals surface area contributed by atoms with Gasteiger partial charge < -0.3 is 10.2 Å². The number of benzene rings is 3. The van der Waals surface area contributed by atoms with E-state index in [-0.39, 0.29) is 18.1 Å². The van der Waals surface area contributed by atoms with Gasteiger partial charge in [-0.05, 0) is 37.3 Å². The van der Waals surface area contributed by atoms with Gasteiger partial charge in [0.2, 0.25) is 5.91 Å². The quantitative estimate of drug-likeness (QED) is 0.335. The SMILES string of the molecule is Cc1ccc(-c2nc(N3CCN(CC(=O)Nc4ccc(Cl)c(C(F)(F)F)c4)CC3)c3ccccc3n2)cc1. The lowest BCUT2D eigenvalue weighted by molar-refractivity contribution is -0.137. The van der Waals surface area contributed by atoms with Crippen LogP contribution in [0.2, 0.25) is 5.02 Å². The number of anilines is 2. The van der Waals surface area contributed by atoms with Crippen molar-refractivity contribution < 1.29 is 18.0 Å². The van der Waals surface area contributed by atoms with Crippen molar-refractivity contribution in [3.05, 3.63) is 82.9 Å². The molecule has 0 unspecified atom stereocenters.